The molecule has 0 bridgehead atoms. The van der Waals surface area contributed by atoms with Gasteiger partial charge < -0.3 is 9.88 Å². The maximum Gasteiger partial charge on any atom is 0.224 e. The van der Waals surface area contributed by atoms with E-state index in [9.17, 15) is 9.18 Å². The molecule has 0 unspecified atom stereocenters. The quantitative estimate of drug-likeness (QED) is 0.771. The normalized spacial score (nSPS) is 10.9. The fourth-order valence-electron chi connectivity index (χ4n) is 2.84. The van der Waals surface area contributed by atoms with Crippen LogP contribution in [0.1, 0.15) is 11.1 Å². The number of nitrogens with one attached hydrogen (secondary N) is 1. The molecule has 118 valence electrons. The van der Waals surface area contributed by atoms with Crippen LogP contribution in [-0.4, -0.2) is 17.0 Å². The van der Waals surface area contributed by atoms with Gasteiger partial charge in [-0.15, -0.1) is 0 Å². The van der Waals surface area contributed by atoms with E-state index in [1.165, 1.54) is 22.5 Å². The van der Waals surface area contributed by atoms with E-state index in [0.29, 0.717) is 12.1 Å². The van der Waals surface area contributed by atoms with Crippen LogP contribution in [0, 0.1) is 5.82 Å². The predicted molar refractivity (Wildman–Crippen MR) is 89.7 cm³/mol. The minimum atomic E-state index is -0.336. The van der Waals surface area contributed by atoms with Crippen molar-refractivity contribution in [2.45, 2.75) is 12.8 Å². The van der Waals surface area contributed by atoms with Gasteiger partial charge in [0.15, 0.2) is 0 Å². The van der Waals surface area contributed by atoms with Crippen LogP contribution in [0.4, 0.5) is 4.39 Å². The lowest BCUT2D eigenvalue weighted by molar-refractivity contribution is -0.120. The number of nitrogens with zero attached hydrogens (tertiary/aromatic N) is 1. The van der Waals surface area contributed by atoms with Crippen molar-refractivity contribution in [3.63, 3.8) is 0 Å². The minimum Gasteiger partial charge on any atom is -0.355 e. The van der Waals surface area contributed by atoms with E-state index in [4.69, 9.17) is 0 Å². The summed E-state index contributed by atoms with van der Waals surface area (Å²) in [5, 5.41) is 4.07. The molecule has 1 aromatic heterocycles. The Morgan fingerprint density at radius 2 is 1.83 bits per heavy atom. The average Bonchev–Trinajstić information content (AvgIpc) is 2.87. The number of hydrogen-bond donors (Lipinski definition) is 1. The molecule has 0 atom stereocenters. The summed E-state index contributed by atoms with van der Waals surface area (Å²) in [6, 6.07) is 14.6. The van der Waals surface area contributed by atoms with Crippen LogP contribution in [0.3, 0.4) is 0 Å². The molecule has 3 aromatic rings. The smallest absolute Gasteiger partial charge is 0.224 e. The number of halogens is 1. The molecule has 2 aromatic carbocycles. The van der Waals surface area contributed by atoms with E-state index in [1.807, 2.05) is 19.2 Å². The molecule has 0 radical (unpaired) electrons. The Morgan fingerprint density at radius 1 is 1.09 bits per heavy atom. The van der Waals surface area contributed by atoms with E-state index in [2.05, 4.69) is 28.2 Å². The third-order valence-electron chi connectivity index (χ3n) is 4.00. The molecule has 4 heteroatoms. The van der Waals surface area contributed by atoms with Crippen molar-refractivity contribution in [2.75, 3.05) is 6.54 Å². The summed E-state index contributed by atoms with van der Waals surface area (Å²) < 4.78 is 15.6. The predicted octanol–water partition coefficient (Wildman–Crippen LogP) is 3.22. The monoisotopic (exact) mass is 310 g/mol. The molecule has 0 fully saturated rings. The third-order valence-corrected chi connectivity index (χ3v) is 4.00. The number of carbonyl (C=O) groups is 1. The second-order valence-corrected chi connectivity index (χ2v) is 5.65. The van der Waals surface area contributed by atoms with Gasteiger partial charge in [0.25, 0.3) is 0 Å². The maximum absolute atomic E-state index is 13.5. The topological polar surface area (TPSA) is 34.0 Å². The molecule has 0 aliphatic heterocycles. The number of aryl methyl sites for hydroxylation is 1. The van der Waals surface area contributed by atoms with Crippen molar-refractivity contribution >= 4 is 16.8 Å². The number of hydrogen-bond acceptors (Lipinski definition) is 1. The zero-order valence-electron chi connectivity index (χ0n) is 13.1. The Balaban J connectivity index is 1.58. The zero-order chi connectivity index (χ0) is 16.2. The van der Waals surface area contributed by atoms with Crippen molar-refractivity contribution in [1.29, 1.82) is 0 Å². The summed E-state index contributed by atoms with van der Waals surface area (Å²) in [5.41, 5.74) is 2.81. The van der Waals surface area contributed by atoms with Gasteiger partial charge in [-0.05, 0) is 29.7 Å². The van der Waals surface area contributed by atoms with Crippen molar-refractivity contribution in [1.82, 2.24) is 9.88 Å². The fraction of sp³-hybridized carbons (Fsp3) is 0.211. The number of fused-ring (bicyclic) bond motifs is 1. The first-order chi connectivity index (χ1) is 11.1. The second-order valence-electron chi connectivity index (χ2n) is 5.65. The van der Waals surface area contributed by atoms with Gasteiger partial charge in [0, 0.05) is 30.7 Å². The van der Waals surface area contributed by atoms with E-state index in [-0.39, 0.29) is 18.1 Å². The van der Waals surface area contributed by atoms with Crippen LogP contribution in [0.5, 0.6) is 0 Å². The number of carbonyl (C=O) groups excluding carboxylic acids is 1. The Hall–Kier alpha value is -2.62. The van der Waals surface area contributed by atoms with Crippen LogP contribution in [0.25, 0.3) is 10.9 Å². The van der Waals surface area contributed by atoms with E-state index in [0.717, 1.165) is 6.42 Å². The lowest BCUT2D eigenvalue weighted by Gasteiger charge is -2.06. The molecule has 1 heterocycles. The highest BCUT2D eigenvalue weighted by molar-refractivity contribution is 5.84. The largest absolute Gasteiger partial charge is 0.355 e. The molecule has 3 rings (SSSR count). The number of benzene rings is 2. The van der Waals surface area contributed by atoms with Crippen molar-refractivity contribution < 1.29 is 9.18 Å². The lowest BCUT2D eigenvalue weighted by Crippen LogP contribution is -2.27. The van der Waals surface area contributed by atoms with Crippen LogP contribution in [-0.2, 0) is 24.7 Å². The summed E-state index contributed by atoms with van der Waals surface area (Å²) in [4.78, 5) is 11.9. The van der Waals surface area contributed by atoms with Gasteiger partial charge in [-0.25, -0.2) is 4.39 Å². The second kappa shape index (κ2) is 6.65. The summed E-state index contributed by atoms with van der Waals surface area (Å²) in [6.45, 7) is 0.543. The Labute approximate surface area is 134 Å². The molecule has 1 N–H and O–H groups in total. The van der Waals surface area contributed by atoms with Gasteiger partial charge in [0.2, 0.25) is 5.91 Å². The fourth-order valence-corrected chi connectivity index (χ4v) is 2.84. The lowest BCUT2D eigenvalue weighted by atomic mass is 10.1. The summed E-state index contributed by atoms with van der Waals surface area (Å²) in [7, 11) is 2.02. The number of para-hydroxylation sites is 1. The minimum absolute atomic E-state index is 0.0716. The van der Waals surface area contributed by atoms with Crippen LogP contribution < -0.4 is 5.32 Å². The van der Waals surface area contributed by atoms with E-state index >= 15 is 0 Å². The van der Waals surface area contributed by atoms with Gasteiger partial charge in [0.05, 0.1) is 6.42 Å². The van der Waals surface area contributed by atoms with Crippen LogP contribution in [0.15, 0.2) is 54.7 Å². The highest BCUT2D eigenvalue weighted by Gasteiger charge is 2.09. The van der Waals surface area contributed by atoms with Gasteiger partial charge in [-0.2, -0.15) is 0 Å². The summed E-state index contributed by atoms with van der Waals surface area (Å²) in [6.07, 6.45) is 2.92. The average molecular weight is 310 g/mol. The van der Waals surface area contributed by atoms with E-state index < -0.39 is 0 Å². The van der Waals surface area contributed by atoms with Crippen LogP contribution in [0.2, 0.25) is 0 Å². The molecular weight excluding hydrogens is 291 g/mol. The molecular formula is C19H19FN2O. The SMILES string of the molecule is Cn1cc(CCNC(=O)Cc2ccccc2F)c2ccccc21. The number of amides is 1. The van der Waals surface area contributed by atoms with Gasteiger partial charge in [-0.3, -0.25) is 4.79 Å². The number of aromatic nitrogens is 1. The highest BCUT2D eigenvalue weighted by Crippen LogP contribution is 2.20. The third kappa shape index (κ3) is 3.42. The van der Waals surface area contributed by atoms with Gasteiger partial charge in [0.1, 0.15) is 5.82 Å². The summed E-state index contributed by atoms with van der Waals surface area (Å²) in [5.74, 6) is -0.493. The molecule has 0 aliphatic carbocycles. The Kier molecular flexibility index (Phi) is 4.42. The molecule has 0 saturated heterocycles. The highest BCUT2D eigenvalue weighted by atomic mass is 19.1. The Morgan fingerprint density at radius 3 is 2.65 bits per heavy atom. The maximum atomic E-state index is 13.5. The molecule has 0 aliphatic rings. The first-order valence-electron chi connectivity index (χ1n) is 7.68. The first kappa shape index (κ1) is 15.3. The number of rotatable bonds is 5. The Bertz CT molecular complexity index is 838. The standard InChI is InChI=1S/C19H19FN2O/c1-22-13-15(16-7-3-5-9-18(16)22)10-11-21-19(23)12-14-6-2-4-8-17(14)20/h2-9,13H,10-12H2,1H3,(H,21,23). The van der Waals surface area contributed by atoms with E-state index in [1.54, 1.807) is 18.2 Å². The first-order valence-corrected chi connectivity index (χ1v) is 7.68. The zero-order valence-corrected chi connectivity index (χ0v) is 13.1. The molecule has 0 saturated carbocycles. The molecule has 1 amide bonds. The van der Waals surface area contributed by atoms with Crippen molar-refractivity contribution in [3.05, 3.63) is 71.7 Å². The van der Waals surface area contributed by atoms with Crippen LogP contribution >= 0.6 is 0 Å². The van der Waals surface area contributed by atoms with Crippen molar-refractivity contribution in [3.8, 4) is 0 Å². The van der Waals surface area contributed by atoms with Crippen molar-refractivity contribution in [2.24, 2.45) is 7.05 Å². The summed E-state index contributed by atoms with van der Waals surface area (Å²) >= 11 is 0. The molecule has 3 nitrogen and oxygen atoms in total. The van der Waals surface area contributed by atoms with Gasteiger partial charge >= 0.3 is 0 Å². The molecule has 23 heavy (non-hydrogen) atoms. The molecule has 0 spiro atoms. The van der Waals surface area contributed by atoms with Gasteiger partial charge in [-0.1, -0.05) is 36.4 Å².